The Hall–Kier alpha value is -4.68. The molecule has 53 heavy (non-hydrogen) atoms. The molecule has 0 aliphatic carbocycles. The van der Waals surface area contributed by atoms with Crippen molar-refractivity contribution in [2.45, 2.75) is 90.1 Å². The van der Waals surface area contributed by atoms with Gasteiger partial charge < -0.3 is 38.4 Å². The first-order valence-corrected chi connectivity index (χ1v) is 18.5. The number of likely N-dealkylation sites (tertiary alicyclic amines) is 1. The molecular weight excluding hydrogens is 682 g/mol. The molecule has 15 nitrogen and oxygen atoms in total. The number of methoxy groups -OCH3 is 1. The quantitative estimate of drug-likeness (QED) is 0.154. The van der Waals surface area contributed by atoms with Gasteiger partial charge in [-0.3, -0.25) is 9.69 Å². The predicted octanol–water partition coefficient (Wildman–Crippen LogP) is 4.32. The van der Waals surface area contributed by atoms with E-state index in [9.17, 15) is 19.6 Å². The van der Waals surface area contributed by atoms with E-state index < -0.39 is 23.8 Å². The summed E-state index contributed by atoms with van der Waals surface area (Å²) in [6.45, 7) is 10.6. The normalized spacial score (nSPS) is 19.0. The SMILES string of the molecule is COC(=O)CCOCCCN1CCC[C@H]1COc1nc2c(c(N3CCN(C(=O)OC(C)(C)C)[C@@H](CC#N)C3)n1)CCN(C(=O)OCc1ccccc1)C2. The maximum Gasteiger partial charge on any atom is 0.410 e. The number of rotatable bonds is 14. The Morgan fingerprint density at radius 3 is 2.57 bits per heavy atom. The van der Waals surface area contributed by atoms with Crippen LogP contribution in [-0.2, 0) is 43.3 Å². The van der Waals surface area contributed by atoms with E-state index in [0.717, 1.165) is 43.5 Å². The number of aromatic nitrogens is 2. The van der Waals surface area contributed by atoms with Crippen molar-refractivity contribution in [3.8, 4) is 12.1 Å². The lowest BCUT2D eigenvalue weighted by Crippen LogP contribution is -2.56. The van der Waals surface area contributed by atoms with Crippen LogP contribution in [0.25, 0.3) is 0 Å². The number of hydrogen-bond donors (Lipinski definition) is 0. The average Bonchev–Trinajstić information content (AvgIpc) is 3.60. The molecule has 15 heteroatoms. The van der Waals surface area contributed by atoms with Crippen LogP contribution in [0, 0.1) is 11.3 Å². The summed E-state index contributed by atoms with van der Waals surface area (Å²) >= 11 is 0. The average molecular weight is 736 g/mol. The van der Waals surface area contributed by atoms with Gasteiger partial charge in [-0.25, -0.2) is 9.59 Å². The van der Waals surface area contributed by atoms with Crippen LogP contribution in [0.1, 0.15) is 69.7 Å². The highest BCUT2D eigenvalue weighted by atomic mass is 16.6. The van der Waals surface area contributed by atoms with Crippen LogP contribution >= 0.6 is 0 Å². The second kappa shape index (κ2) is 18.9. The number of hydrogen-bond acceptors (Lipinski definition) is 13. The first-order valence-electron chi connectivity index (χ1n) is 18.5. The molecule has 1 aromatic heterocycles. The first kappa shape index (κ1) is 39.5. The fourth-order valence-electron chi connectivity index (χ4n) is 6.85. The molecule has 3 aliphatic heterocycles. The minimum absolute atomic E-state index is 0.140. The molecule has 0 saturated carbocycles. The summed E-state index contributed by atoms with van der Waals surface area (Å²) in [7, 11) is 1.37. The van der Waals surface area contributed by atoms with Gasteiger partial charge in [-0.2, -0.15) is 15.2 Å². The minimum atomic E-state index is -0.661. The van der Waals surface area contributed by atoms with Crippen LogP contribution in [0.3, 0.4) is 0 Å². The van der Waals surface area contributed by atoms with Crippen molar-refractivity contribution in [3.63, 3.8) is 0 Å². The Bertz CT molecular complexity index is 1580. The third-order valence-electron chi connectivity index (χ3n) is 9.54. The molecule has 2 fully saturated rings. The maximum absolute atomic E-state index is 13.2. The van der Waals surface area contributed by atoms with Gasteiger partial charge in [0.15, 0.2) is 0 Å². The number of piperazine rings is 1. The van der Waals surface area contributed by atoms with Crippen LogP contribution in [0.2, 0.25) is 0 Å². The van der Waals surface area contributed by atoms with Gasteiger partial charge in [0.25, 0.3) is 0 Å². The second-order valence-electron chi connectivity index (χ2n) is 14.5. The van der Waals surface area contributed by atoms with Crippen LogP contribution in [0.5, 0.6) is 6.01 Å². The summed E-state index contributed by atoms with van der Waals surface area (Å²) in [6.07, 6.45) is 2.89. The summed E-state index contributed by atoms with van der Waals surface area (Å²) in [4.78, 5) is 55.2. The number of ether oxygens (including phenoxy) is 5. The summed E-state index contributed by atoms with van der Waals surface area (Å²) in [5.74, 6) is 0.413. The van der Waals surface area contributed by atoms with Gasteiger partial charge in [-0.1, -0.05) is 30.3 Å². The van der Waals surface area contributed by atoms with E-state index in [-0.39, 0.29) is 44.0 Å². The molecule has 0 N–H and O–H groups in total. The number of nitriles is 1. The number of anilines is 1. The Labute approximate surface area is 312 Å². The van der Waals surface area contributed by atoms with E-state index in [2.05, 4.69) is 20.6 Å². The number of carbonyl (C=O) groups excluding carboxylic acids is 3. The standard InChI is InChI=1S/C38H53N7O8/c1-38(2,3)53-37(48)45-21-20-43(24-29(45)13-16-39)34-31-14-19-44(36(47)52-26-28-10-6-5-7-11-28)25-32(31)40-35(41-34)51-27-30-12-8-17-42(30)18-9-22-50-23-15-33(46)49-4/h5-7,10-11,29-30H,8-9,12-15,17-27H2,1-4H3/t29-,30-/m0/s1. The number of fused-ring (bicyclic) bond motifs is 1. The van der Waals surface area contributed by atoms with Gasteiger partial charge in [-0.05, 0) is 58.6 Å². The monoisotopic (exact) mass is 735 g/mol. The van der Waals surface area contributed by atoms with E-state index in [1.54, 1.807) is 9.80 Å². The van der Waals surface area contributed by atoms with E-state index in [1.165, 1.54) is 7.11 Å². The lowest BCUT2D eigenvalue weighted by molar-refractivity contribution is -0.141. The third kappa shape index (κ3) is 11.4. The molecule has 2 saturated heterocycles. The number of carbonyl (C=O) groups is 3. The van der Waals surface area contributed by atoms with Crippen molar-refractivity contribution in [2.75, 3.05) is 71.1 Å². The number of amides is 2. The van der Waals surface area contributed by atoms with Crippen molar-refractivity contribution in [3.05, 3.63) is 47.2 Å². The molecule has 0 radical (unpaired) electrons. The lowest BCUT2D eigenvalue weighted by atomic mass is 10.0. The van der Waals surface area contributed by atoms with E-state index >= 15 is 0 Å². The van der Waals surface area contributed by atoms with Gasteiger partial charge in [0.2, 0.25) is 0 Å². The molecule has 1 aromatic carbocycles. The highest BCUT2D eigenvalue weighted by Crippen LogP contribution is 2.32. The van der Waals surface area contributed by atoms with Crippen molar-refractivity contribution in [1.82, 2.24) is 24.7 Å². The predicted molar refractivity (Wildman–Crippen MR) is 194 cm³/mol. The van der Waals surface area contributed by atoms with Gasteiger partial charge >= 0.3 is 24.2 Å². The van der Waals surface area contributed by atoms with Crippen molar-refractivity contribution in [2.24, 2.45) is 0 Å². The zero-order valence-electron chi connectivity index (χ0n) is 31.5. The zero-order chi connectivity index (χ0) is 37.8. The van der Waals surface area contributed by atoms with Crippen LogP contribution in [-0.4, -0.2) is 127 Å². The van der Waals surface area contributed by atoms with Crippen molar-refractivity contribution < 1.29 is 38.1 Å². The summed E-state index contributed by atoms with van der Waals surface area (Å²) in [5, 5.41) is 9.69. The summed E-state index contributed by atoms with van der Waals surface area (Å²) in [5.41, 5.74) is 1.85. The molecule has 2 atom stereocenters. The van der Waals surface area contributed by atoms with E-state index in [4.69, 9.17) is 28.9 Å². The first-order chi connectivity index (χ1) is 25.5. The Morgan fingerprint density at radius 2 is 1.81 bits per heavy atom. The van der Waals surface area contributed by atoms with Crippen molar-refractivity contribution in [1.29, 1.82) is 5.26 Å². The van der Waals surface area contributed by atoms with Gasteiger partial charge in [-0.15, -0.1) is 0 Å². The van der Waals surface area contributed by atoms with Crippen LogP contribution < -0.4 is 9.64 Å². The molecular formula is C38H53N7O8. The van der Waals surface area contributed by atoms with Gasteiger partial charge in [0.1, 0.15) is 24.6 Å². The van der Waals surface area contributed by atoms with Crippen molar-refractivity contribution >= 4 is 24.0 Å². The maximum atomic E-state index is 13.2. The molecule has 5 rings (SSSR count). The smallest absolute Gasteiger partial charge is 0.410 e. The number of nitrogens with zero attached hydrogens (tertiary/aromatic N) is 7. The molecule has 0 spiro atoms. The van der Waals surface area contributed by atoms with Crippen LogP contribution in [0.15, 0.2) is 30.3 Å². The molecule has 3 aliphatic rings. The fraction of sp³-hybridized carbons (Fsp3) is 0.632. The van der Waals surface area contributed by atoms with Crippen LogP contribution in [0.4, 0.5) is 15.4 Å². The Kier molecular flexibility index (Phi) is 14.1. The second-order valence-corrected chi connectivity index (χ2v) is 14.5. The number of benzene rings is 1. The Morgan fingerprint density at radius 1 is 1.00 bits per heavy atom. The van der Waals surface area contributed by atoms with E-state index in [1.807, 2.05) is 51.1 Å². The fourth-order valence-corrected chi connectivity index (χ4v) is 6.85. The molecule has 288 valence electrons. The Balaban J connectivity index is 1.29. The minimum Gasteiger partial charge on any atom is -0.469 e. The van der Waals surface area contributed by atoms with Gasteiger partial charge in [0, 0.05) is 50.9 Å². The molecule has 4 heterocycles. The highest BCUT2D eigenvalue weighted by molar-refractivity contribution is 5.70. The third-order valence-corrected chi connectivity index (χ3v) is 9.54. The largest absolute Gasteiger partial charge is 0.469 e. The summed E-state index contributed by atoms with van der Waals surface area (Å²) < 4.78 is 27.9. The molecule has 0 unspecified atom stereocenters. The van der Waals surface area contributed by atoms with E-state index in [0.29, 0.717) is 63.9 Å². The lowest BCUT2D eigenvalue weighted by Gasteiger charge is -2.42. The molecule has 2 amide bonds. The topological polar surface area (TPSA) is 160 Å². The van der Waals surface area contributed by atoms with Gasteiger partial charge in [0.05, 0.1) is 50.9 Å². The highest BCUT2D eigenvalue weighted by Gasteiger charge is 2.36. The number of esters is 1. The zero-order valence-corrected chi connectivity index (χ0v) is 31.5. The molecule has 2 aromatic rings. The molecule has 0 bridgehead atoms. The summed E-state index contributed by atoms with van der Waals surface area (Å²) in [6, 6.07) is 11.8.